The number of rotatable bonds is 6. The Balaban J connectivity index is 1.52. The van der Waals surface area contributed by atoms with Crippen molar-refractivity contribution in [1.82, 2.24) is 14.8 Å². The number of likely N-dealkylation sites (tertiary alicyclic amines) is 2. The largest absolute Gasteiger partial charge is 0.481 e. The number of carbonyl (C=O) groups is 2. The van der Waals surface area contributed by atoms with E-state index in [0.717, 1.165) is 51.6 Å². The molecule has 0 unspecified atom stereocenters. The predicted octanol–water partition coefficient (Wildman–Crippen LogP) is 4.00. The number of piperidine rings is 1. The summed E-state index contributed by atoms with van der Waals surface area (Å²) in [6, 6.07) is 3.19. The summed E-state index contributed by atoms with van der Waals surface area (Å²) in [4.78, 5) is 32.9. The third-order valence-corrected chi connectivity index (χ3v) is 6.20. The molecule has 2 amide bonds. The number of aromatic nitrogens is 1. The van der Waals surface area contributed by atoms with Crippen LogP contribution in [0.4, 0.5) is 4.79 Å². The Labute approximate surface area is 177 Å². The quantitative estimate of drug-likeness (QED) is 0.510. The fourth-order valence-electron chi connectivity index (χ4n) is 4.17. The van der Waals surface area contributed by atoms with Crippen LogP contribution in [0.15, 0.2) is 12.1 Å². The van der Waals surface area contributed by atoms with Gasteiger partial charge in [0, 0.05) is 37.8 Å². The van der Waals surface area contributed by atoms with Gasteiger partial charge in [0.15, 0.2) is 0 Å². The fourth-order valence-corrected chi connectivity index (χ4v) is 4.37. The molecule has 0 saturated carbocycles. The van der Waals surface area contributed by atoms with Crippen molar-refractivity contribution in [1.29, 1.82) is 0 Å². The standard InChI is InChI=1S/C21H30ClN3O4/c1-3-4-5-12-29-20(27)25-11-8-21(15-25)6-9-24(10-7-21)19(26)16-13-17(22)23-18(14-16)28-2/h13-14H,3-12,15H2,1-2H3. The van der Waals surface area contributed by atoms with E-state index in [-0.39, 0.29) is 22.6 Å². The third kappa shape index (κ3) is 5.32. The second kappa shape index (κ2) is 9.65. The average molecular weight is 424 g/mol. The van der Waals surface area contributed by atoms with Crippen LogP contribution < -0.4 is 4.74 Å². The van der Waals surface area contributed by atoms with Crippen LogP contribution in [0.5, 0.6) is 5.88 Å². The number of nitrogens with zero attached hydrogens (tertiary/aromatic N) is 3. The van der Waals surface area contributed by atoms with E-state index in [1.165, 1.54) is 7.11 Å². The van der Waals surface area contributed by atoms with Crippen molar-refractivity contribution in [2.75, 3.05) is 39.9 Å². The van der Waals surface area contributed by atoms with Crippen LogP contribution in [-0.2, 0) is 4.74 Å². The Hall–Kier alpha value is -2.02. The second-order valence-electron chi connectivity index (χ2n) is 8.01. The molecule has 1 aromatic heterocycles. The summed E-state index contributed by atoms with van der Waals surface area (Å²) in [5.41, 5.74) is 0.578. The molecule has 0 aliphatic carbocycles. The van der Waals surface area contributed by atoms with Crippen LogP contribution in [0.2, 0.25) is 5.15 Å². The van der Waals surface area contributed by atoms with E-state index < -0.39 is 0 Å². The molecule has 0 bridgehead atoms. The first-order chi connectivity index (χ1) is 14.0. The van der Waals surface area contributed by atoms with Crippen molar-refractivity contribution in [2.45, 2.75) is 45.4 Å². The summed E-state index contributed by atoms with van der Waals surface area (Å²) in [6.45, 7) is 5.41. The summed E-state index contributed by atoms with van der Waals surface area (Å²) in [7, 11) is 1.50. The van der Waals surface area contributed by atoms with E-state index in [0.29, 0.717) is 31.1 Å². The SMILES string of the molecule is CCCCCOC(=O)N1CCC2(CCN(C(=O)c3cc(Cl)nc(OC)c3)CC2)C1. The van der Waals surface area contributed by atoms with E-state index in [9.17, 15) is 9.59 Å². The molecular weight excluding hydrogens is 394 g/mol. The molecule has 0 radical (unpaired) electrons. The summed E-state index contributed by atoms with van der Waals surface area (Å²) in [5, 5.41) is 0.241. The zero-order chi connectivity index (χ0) is 20.9. The number of hydrogen-bond acceptors (Lipinski definition) is 5. The lowest BCUT2D eigenvalue weighted by Gasteiger charge is -2.39. The van der Waals surface area contributed by atoms with Crippen LogP contribution in [0, 0.1) is 5.41 Å². The van der Waals surface area contributed by atoms with Gasteiger partial charge in [-0.1, -0.05) is 31.4 Å². The number of carbonyl (C=O) groups excluding carboxylic acids is 2. The second-order valence-corrected chi connectivity index (χ2v) is 8.39. The van der Waals surface area contributed by atoms with Crippen LogP contribution >= 0.6 is 11.6 Å². The maximum absolute atomic E-state index is 12.9. The Bertz CT molecular complexity index is 735. The number of pyridine rings is 1. The molecule has 2 aliphatic rings. The summed E-state index contributed by atoms with van der Waals surface area (Å²) in [6.07, 6.45) is 5.64. The van der Waals surface area contributed by atoms with Gasteiger partial charge in [-0.2, -0.15) is 0 Å². The normalized spacial score (nSPS) is 18.2. The third-order valence-electron chi connectivity index (χ3n) is 6.01. The van der Waals surface area contributed by atoms with Crippen molar-refractivity contribution < 1.29 is 19.1 Å². The maximum atomic E-state index is 12.9. The molecule has 7 nitrogen and oxygen atoms in total. The van der Waals surface area contributed by atoms with Gasteiger partial charge in [-0.15, -0.1) is 0 Å². The summed E-state index contributed by atoms with van der Waals surface area (Å²) < 4.78 is 10.5. The predicted molar refractivity (Wildman–Crippen MR) is 110 cm³/mol. The fraction of sp³-hybridized carbons (Fsp3) is 0.667. The number of hydrogen-bond donors (Lipinski definition) is 0. The van der Waals surface area contributed by atoms with Gasteiger partial charge in [-0.3, -0.25) is 4.79 Å². The van der Waals surface area contributed by atoms with Crippen molar-refractivity contribution in [2.24, 2.45) is 5.41 Å². The number of halogens is 1. The number of ether oxygens (including phenoxy) is 2. The molecule has 0 aromatic carbocycles. The van der Waals surface area contributed by atoms with E-state index in [1.807, 2.05) is 9.80 Å². The molecule has 3 heterocycles. The molecule has 1 spiro atoms. The van der Waals surface area contributed by atoms with E-state index in [4.69, 9.17) is 21.1 Å². The van der Waals surface area contributed by atoms with Gasteiger partial charge in [0.2, 0.25) is 5.88 Å². The average Bonchev–Trinajstić information content (AvgIpc) is 3.14. The molecule has 8 heteroatoms. The van der Waals surface area contributed by atoms with Gasteiger partial charge in [-0.05, 0) is 37.2 Å². The van der Waals surface area contributed by atoms with Crippen molar-refractivity contribution >= 4 is 23.6 Å². The van der Waals surface area contributed by atoms with Gasteiger partial charge in [0.1, 0.15) is 5.15 Å². The highest BCUT2D eigenvalue weighted by atomic mass is 35.5. The summed E-state index contributed by atoms with van der Waals surface area (Å²) >= 11 is 6.00. The van der Waals surface area contributed by atoms with Crippen LogP contribution in [-0.4, -0.2) is 66.7 Å². The molecule has 29 heavy (non-hydrogen) atoms. The highest BCUT2D eigenvalue weighted by molar-refractivity contribution is 6.29. The highest BCUT2D eigenvalue weighted by Gasteiger charge is 2.43. The van der Waals surface area contributed by atoms with Crippen molar-refractivity contribution in [3.05, 3.63) is 22.8 Å². The zero-order valence-electron chi connectivity index (χ0n) is 17.3. The molecule has 0 atom stereocenters. The molecule has 2 saturated heterocycles. The summed E-state index contributed by atoms with van der Waals surface area (Å²) in [5.74, 6) is 0.269. The molecule has 1 aromatic rings. The van der Waals surface area contributed by atoms with E-state index >= 15 is 0 Å². The number of unbranched alkanes of at least 4 members (excludes halogenated alkanes) is 2. The minimum absolute atomic E-state index is 0.0624. The lowest BCUT2D eigenvalue weighted by Crippen LogP contribution is -2.44. The molecule has 3 rings (SSSR count). The monoisotopic (exact) mass is 423 g/mol. The first kappa shape index (κ1) is 21.7. The molecular formula is C21H30ClN3O4. The Kier molecular flexibility index (Phi) is 7.22. The minimum Gasteiger partial charge on any atom is -0.481 e. The van der Waals surface area contributed by atoms with Crippen LogP contribution in [0.3, 0.4) is 0 Å². The Morgan fingerprint density at radius 2 is 1.83 bits per heavy atom. The van der Waals surface area contributed by atoms with E-state index in [2.05, 4.69) is 11.9 Å². The van der Waals surface area contributed by atoms with Gasteiger partial charge in [0.25, 0.3) is 5.91 Å². The van der Waals surface area contributed by atoms with Gasteiger partial charge in [-0.25, -0.2) is 9.78 Å². The van der Waals surface area contributed by atoms with Gasteiger partial charge >= 0.3 is 6.09 Å². The van der Waals surface area contributed by atoms with Crippen molar-refractivity contribution in [3.63, 3.8) is 0 Å². The van der Waals surface area contributed by atoms with Gasteiger partial charge < -0.3 is 19.3 Å². The molecule has 160 valence electrons. The zero-order valence-corrected chi connectivity index (χ0v) is 18.0. The lowest BCUT2D eigenvalue weighted by atomic mass is 9.77. The Morgan fingerprint density at radius 1 is 1.14 bits per heavy atom. The first-order valence-electron chi connectivity index (χ1n) is 10.4. The molecule has 2 aliphatic heterocycles. The topological polar surface area (TPSA) is 72.0 Å². The number of methoxy groups -OCH3 is 1. The molecule has 2 fully saturated rings. The van der Waals surface area contributed by atoms with E-state index in [1.54, 1.807) is 12.1 Å². The Morgan fingerprint density at radius 3 is 2.48 bits per heavy atom. The lowest BCUT2D eigenvalue weighted by molar-refractivity contribution is 0.0573. The maximum Gasteiger partial charge on any atom is 0.409 e. The van der Waals surface area contributed by atoms with Crippen LogP contribution in [0.25, 0.3) is 0 Å². The highest BCUT2D eigenvalue weighted by Crippen LogP contribution is 2.40. The smallest absolute Gasteiger partial charge is 0.409 e. The minimum atomic E-state index is -0.199. The van der Waals surface area contributed by atoms with Gasteiger partial charge in [0.05, 0.1) is 13.7 Å². The van der Waals surface area contributed by atoms with Crippen LogP contribution in [0.1, 0.15) is 55.8 Å². The number of amides is 2. The van der Waals surface area contributed by atoms with Crippen molar-refractivity contribution in [3.8, 4) is 5.88 Å². The molecule has 0 N–H and O–H groups in total. The first-order valence-corrected chi connectivity index (χ1v) is 10.8.